The fraction of sp³-hybridized carbons (Fsp3) is 0.483. The van der Waals surface area contributed by atoms with E-state index >= 15 is 0 Å². The summed E-state index contributed by atoms with van der Waals surface area (Å²) in [6.45, 7) is 4.77. The van der Waals surface area contributed by atoms with Crippen molar-refractivity contribution in [2.45, 2.75) is 71.0 Å². The minimum absolute atomic E-state index is 0.0847. The SMILES string of the molecule is CC(=O)OC[C@H]1C=CC[C@@H](c2ccc(Cl)c(Cc3ccc(OCC4(C)CCCCC4)cc3)c2)O1. The van der Waals surface area contributed by atoms with Crippen LogP contribution in [-0.2, 0) is 20.7 Å². The standard InChI is InChI=1S/C29H35ClO4/c1-21(31)32-19-26-7-6-8-28(34-26)23-11-14-27(30)24(18-23)17-22-9-12-25(13-10-22)33-20-29(2)15-4-3-5-16-29/h6-7,9-14,18,26,28H,3-5,8,15-17,19-20H2,1-2H3/t26-,28+/m1/s1. The number of benzene rings is 2. The molecule has 4 nitrogen and oxygen atoms in total. The molecule has 0 saturated heterocycles. The molecular formula is C29H35ClO4. The van der Waals surface area contributed by atoms with Gasteiger partial charge in [-0.2, -0.15) is 0 Å². The quantitative estimate of drug-likeness (QED) is 0.294. The largest absolute Gasteiger partial charge is 0.493 e. The molecule has 1 aliphatic heterocycles. The molecule has 0 aromatic heterocycles. The van der Waals surface area contributed by atoms with Gasteiger partial charge >= 0.3 is 5.97 Å². The second kappa shape index (κ2) is 11.4. The van der Waals surface area contributed by atoms with Crippen molar-refractivity contribution < 1.29 is 19.0 Å². The Morgan fingerprint density at radius 1 is 1.12 bits per heavy atom. The van der Waals surface area contributed by atoms with E-state index in [9.17, 15) is 4.79 Å². The molecule has 0 unspecified atom stereocenters. The van der Waals surface area contributed by atoms with E-state index in [2.05, 4.69) is 43.3 Å². The third-order valence-corrected chi connectivity index (χ3v) is 7.27. The molecule has 0 spiro atoms. The van der Waals surface area contributed by atoms with Crippen molar-refractivity contribution >= 4 is 17.6 Å². The van der Waals surface area contributed by atoms with Crippen LogP contribution in [0.4, 0.5) is 0 Å². The highest BCUT2D eigenvalue weighted by molar-refractivity contribution is 6.31. The second-order valence-electron chi connectivity index (χ2n) is 9.96. The normalized spacial score (nSPS) is 21.7. The molecule has 2 aliphatic rings. The minimum atomic E-state index is -0.299. The molecule has 4 rings (SSSR count). The first-order chi connectivity index (χ1) is 16.4. The number of ether oxygens (including phenoxy) is 3. The Bertz CT molecular complexity index is 992. The molecule has 0 radical (unpaired) electrons. The van der Waals surface area contributed by atoms with Crippen LogP contribution < -0.4 is 4.74 Å². The van der Waals surface area contributed by atoms with Gasteiger partial charge in [-0.3, -0.25) is 4.79 Å². The van der Waals surface area contributed by atoms with Crippen molar-refractivity contribution in [2.24, 2.45) is 5.41 Å². The van der Waals surface area contributed by atoms with Crippen LogP contribution in [0.5, 0.6) is 5.75 Å². The Morgan fingerprint density at radius 2 is 1.88 bits per heavy atom. The zero-order chi connectivity index (χ0) is 24.0. The zero-order valence-corrected chi connectivity index (χ0v) is 21.0. The van der Waals surface area contributed by atoms with Gasteiger partial charge in [0, 0.05) is 17.4 Å². The Balaban J connectivity index is 1.37. The lowest BCUT2D eigenvalue weighted by molar-refractivity contribution is -0.145. The molecule has 2 aromatic carbocycles. The number of rotatable bonds is 8. The summed E-state index contributed by atoms with van der Waals surface area (Å²) >= 11 is 6.54. The Labute approximate surface area is 208 Å². The van der Waals surface area contributed by atoms with E-state index in [1.807, 2.05) is 18.2 Å². The van der Waals surface area contributed by atoms with E-state index in [-0.39, 0.29) is 24.8 Å². The highest BCUT2D eigenvalue weighted by Crippen LogP contribution is 2.36. The van der Waals surface area contributed by atoms with Gasteiger partial charge in [0.1, 0.15) is 18.5 Å². The Hall–Kier alpha value is -2.30. The van der Waals surface area contributed by atoms with Crippen molar-refractivity contribution in [3.8, 4) is 5.75 Å². The number of carbonyl (C=O) groups excluding carboxylic acids is 1. The number of hydrogen-bond acceptors (Lipinski definition) is 4. The highest BCUT2D eigenvalue weighted by Gasteiger charge is 2.27. The smallest absolute Gasteiger partial charge is 0.302 e. The average molecular weight is 483 g/mol. The maximum absolute atomic E-state index is 11.1. The van der Waals surface area contributed by atoms with Crippen LogP contribution in [0.3, 0.4) is 0 Å². The number of halogens is 1. The predicted molar refractivity (Wildman–Crippen MR) is 135 cm³/mol. The number of carbonyl (C=O) groups is 1. The van der Waals surface area contributed by atoms with Gasteiger partial charge < -0.3 is 14.2 Å². The van der Waals surface area contributed by atoms with Crippen LogP contribution >= 0.6 is 11.6 Å². The van der Waals surface area contributed by atoms with Gasteiger partial charge in [-0.15, -0.1) is 0 Å². The van der Waals surface area contributed by atoms with Gasteiger partial charge in [0.2, 0.25) is 0 Å². The van der Waals surface area contributed by atoms with Crippen molar-refractivity contribution in [3.63, 3.8) is 0 Å². The third kappa shape index (κ3) is 6.86. The molecule has 0 amide bonds. The van der Waals surface area contributed by atoms with E-state index in [1.54, 1.807) is 0 Å². The van der Waals surface area contributed by atoms with Crippen molar-refractivity contribution in [1.29, 1.82) is 0 Å². The van der Waals surface area contributed by atoms with Gasteiger partial charge in [0.05, 0.1) is 12.7 Å². The minimum Gasteiger partial charge on any atom is -0.493 e. The topological polar surface area (TPSA) is 44.8 Å². The molecule has 1 heterocycles. The predicted octanol–water partition coefficient (Wildman–Crippen LogP) is 7.23. The van der Waals surface area contributed by atoms with Gasteiger partial charge in [-0.1, -0.05) is 74.2 Å². The van der Waals surface area contributed by atoms with E-state index in [0.717, 1.165) is 41.3 Å². The van der Waals surface area contributed by atoms with E-state index in [0.29, 0.717) is 5.41 Å². The van der Waals surface area contributed by atoms with Crippen LogP contribution in [0.2, 0.25) is 5.02 Å². The summed E-state index contributed by atoms with van der Waals surface area (Å²) in [6.07, 6.45) is 11.7. The van der Waals surface area contributed by atoms with Gasteiger partial charge in [0.15, 0.2) is 0 Å². The Kier molecular flexibility index (Phi) is 8.33. The van der Waals surface area contributed by atoms with Gasteiger partial charge in [-0.05, 0) is 60.6 Å². The van der Waals surface area contributed by atoms with E-state index in [1.165, 1.54) is 44.6 Å². The van der Waals surface area contributed by atoms with Crippen molar-refractivity contribution in [2.75, 3.05) is 13.2 Å². The number of hydrogen-bond donors (Lipinski definition) is 0. The lowest BCUT2D eigenvalue weighted by atomic mass is 9.76. The van der Waals surface area contributed by atoms with Crippen molar-refractivity contribution in [3.05, 3.63) is 76.3 Å². The van der Waals surface area contributed by atoms with Crippen LogP contribution in [0.15, 0.2) is 54.6 Å². The van der Waals surface area contributed by atoms with E-state index in [4.69, 9.17) is 25.8 Å². The molecule has 0 N–H and O–H groups in total. The molecular weight excluding hydrogens is 448 g/mol. The molecule has 182 valence electrons. The van der Waals surface area contributed by atoms with Crippen LogP contribution in [0, 0.1) is 5.41 Å². The molecule has 1 fully saturated rings. The summed E-state index contributed by atoms with van der Waals surface area (Å²) in [6, 6.07) is 14.5. The summed E-state index contributed by atoms with van der Waals surface area (Å²) in [7, 11) is 0. The Morgan fingerprint density at radius 3 is 2.62 bits per heavy atom. The first-order valence-electron chi connectivity index (χ1n) is 12.4. The fourth-order valence-corrected chi connectivity index (χ4v) is 5.02. The molecule has 1 saturated carbocycles. The number of esters is 1. The molecule has 5 heteroatoms. The lowest BCUT2D eigenvalue weighted by Gasteiger charge is -2.33. The lowest BCUT2D eigenvalue weighted by Crippen LogP contribution is -2.27. The van der Waals surface area contributed by atoms with E-state index < -0.39 is 0 Å². The maximum atomic E-state index is 11.1. The zero-order valence-electron chi connectivity index (χ0n) is 20.2. The molecule has 34 heavy (non-hydrogen) atoms. The second-order valence-corrected chi connectivity index (χ2v) is 10.4. The molecule has 2 atom stereocenters. The fourth-order valence-electron chi connectivity index (χ4n) is 4.84. The first kappa shape index (κ1) is 24.8. The summed E-state index contributed by atoms with van der Waals surface area (Å²) in [5.41, 5.74) is 3.64. The summed E-state index contributed by atoms with van der Waals surface area (Å²) in [5.74, 6) is 0.629. The molecule has 2 aromatic rings. The monoisotopic (exact) mass is 482 g/mol. The molecule has 0 bridgehead atoms. The summed E-state index contributed by atoms with van der Waals surface area (Å²) in [4.78, 5) is 11.1. The maximum Gasteiger partial charge on any atom is 0.302 e. The first-order valence-corrected chi connectivity index (χ1v) is 12.7. The van der Waals surface area contributed by atoms with Crippen LogP contribution in [0.25, 0.3) is 0 Å². The molecule has 1 aliphatic carbocycles. The van der Waals surface area contributed by atoms with Crippen LogP contribution in [-0.4, -0.2) is 25.3 Å². The highest BCUT2D eigenvalue weighted by atomic mass is 35.5. The summed E-state index contributed by atoms with van der Waals surface area (Å²) in [5, 5.41) is 0.747. The third-order valence-electron chi connectivity index (χ3n) is 6.90. The van der Waals surface area contributed by atoms with Crippen LogP contribution in [0.1, 0.15) is 75.2 Å². The summed E-state index contributed by atoms with van der Waals surface area (Å²) < 4.78 is 17.4. The average Bonchev–Trinajstić information content (AvgIpc) is 2.84. The van der Waals surface area contributed by atoms with Gasteiger partial charge in [-0.25, -0.2) is 0 Å². The van der Waals surface area contributed by atoms with Gasteiger partial charge in [0.25, 0.3) is 0 Å². The van der Waals surface area contributed by atoms with Crippen molar-refractivity contribution in [1.82, 2.24) is 0 Å².